The van der Waals surface area contributed by atoms with Crippen LogP contribution in [0, 0.1) is 0 Å². The molecule has 1 aromatic carbocycles. The molecular weight excluding hydrogens is 248 g/mol. The van der Waals surface area contributed by atoms with Crippen LogP contribution in [0.2, 0.25) is 0 Å². The summed E-state index contributed by atoms with van der Waals surface area (Å²) in [6.07, 6.45) is 0. The molecule has 0 aliphatic carbocycles. The SMILES string of the molecule is CCN(CCS(=O)(=O)C(C)C)c1ccc(N)cc1. The Hall–Kier alpha value is -1.23. The van der Waals surface area contributed by atoms with Gasteiger partial charge in [-0.1, -0.05) is 0 Å². The van der Waals surface area contributed by atoms with Crippen LogP contribution in [-0.2, 0) is 9.84 Å². The van der Waals surface area contributed by atoms with Gasteiger partial charge in [0.25, 0.3) is 0 Å². The molecule has 102 valence electrons. The molecule has 0 saturated carbocycles. The van der Waals surface area contributed by atoms with Gasteiger partial charge in [-0.05, 0) is 45.0 Å². The molecule has 0 fully saturated rings. The number of nitrogens with zero attached hydrogens (tertiary/aromatic N) is 1. The number of nitrogen functional groups attached to an aromatic ring is 1. The quantitative estimate of drug-likeness (QED) is 0.802. The molecule has 1 rings (SSSR count). The second kappa shape index (κ2) is 6.09. The fraction of sp³-hybridized carbons (Fsp3) is 0.538. The Morgan fingerprint density at radius 1 is 1.22 bits per heavy atom. The number of nitrogens with two attached hydrogens (primary N) is 1. The van der Waals surface area contributed by atoms with Crippen LogP contribution in [0.4, 0.5) is 11.4 Å². The largest absolute Gasteiger partial charge is 0.399 e. The summed E-state index contributed by atoms with van der Waals surface area (Å²) in [5, 5.41) is -0.317. The Morgan fingerprint density at radius 2 is 1.78 bits per heavy atom. The highest BCUT2D eigenvalue weighted by molar-refractivity contribution is 7.92. The van der Waals surface area contributed by atoms with Crippen molar-refractivity contribution >= 4 is 21.2 Å². The van der Waals surface area contributed by atoms with Crippen LogP contribution in [0.25, 0.3) is 0 Å². The molecule has 0 aliphatic heterocycles. The van der Waals surface area contributed by atoms with Crippen molar-refractivity contribution in [2.75, 3.05) is 29.5 Å². The van der Waals surface area contributed by atoms with E-state index >= 15 is 0 Å². The molecule has 0 aliphatic rings. The van der Waals surface area contributed by atoms with Crippen LogP contribution in [0.1, 0.15) is 20.8 Å². The van der Waals surface area contributed by atoms with Crippen molar-refractivity contribution in [2.45, 2.75) is 26.0 Å². The normalized spacial score (nSPS) is 11.8. The number of benzene rings is 1. The Labute approximate surface area is 110 Å². The molecule has 0 aromatic heterocycles. The minimum atomic E-state index is -2.99. The van der Waals surface area contributed by atoms with Crippen molar-refractivity contribution in [3.05, 3.63) is 24.3 Å². The molecule has 0 amide bonds. The topological polar surface area (TPSA) is 63.4 Å². The van der Waals surface area contributed by atoms with E-state index in [0.717, 1.165) is 12.2 Å². The number of hydrogen-bond donors (Lipinski definition) is 1. The van der Waals surface area contributed by atoms with Gasteiger partial charge in [0, 0.05) is 24.5 Å². The number of anilines is 2. The molecule has 18 heavy (non-hydrogen) atoms. The molecule has 4 nitrogen and oxygen atoms in total. The fourth-order valence-corrected chi connectivity index (χ4v) is 2.57. The Kier molecular flexibility index (Phi) is 5.02. The van der Waals surface area contributed by atoms with E-state index in [1.165, 1.54) is 0 Å². The highest BCUT2D eigenvalue weighted by Gasteiger charge is 2.17. The van der Waals surface area contributed by atoms with Gasteiger partial charge >= 0.3 is 0 Å². The van der Waals surface area contributed by atoms with Crippen molar-refractivity contribution in [3.63, 3.8) is 0 Å². The van der Waals surface area contributed by atoms with E-state index in [1.54, 1.807) is 13.8 Å². The first kappa shape index (κ1) is 14.8. The molecule has 0 unspecified atom stereocenters. The molecule has 5 heteroatoms. The zero-order valence-electron chi connectivity index (χ0n) is 11.3. The smallest absolute Gasteiger partial charge is 0.154 e. The van der Waals surface area contributed by atoms with E-state index in [1.807, 2.05) is 36.1 Å². The first-order valence-electron chi connectivity index (χ1n) is 6.19. The standard InChI is InChI=1S/C13H22N2O2S/c1-4-15(9-10-18(16,17)11(2)3)13-7-5-12(14)6-8-13/h5-8,11H,4,9-10,14H2,1-3H3. The van der Waals surface area contributed by atoms with Gasteiger partial charge in [0.2, 0.25) is 0 Å². The van der Waals surface area contributed by atoms with E-state index < -0.39 is 9.84 Å². The first-order chi connectivity index (χ1) is 8.36. The van der Waals surface area contributed by atoms with E-state index in [0.29, 0.717) is 12.2 Å². The van der Waals surface area contributed by atoms with Crippen LogP contribution in [0.3, 0.4) is 0 Å². The number of sulfone groups is 1. The zero-order valence-corrected chi connectivity index (χ0v) is 12.1. The Morgan fingerprint density at radius 3 is 2.22 bits per heavy atom. The average molecular weight is 270 g/mol. The predicted molar refractivity (Wildman–Crippen MR) is 77.7 cm³/mol. The van der Waals surface area contributed by atoms with Crippen LogP contribution < -0.4 is 10.6 Å². The monoisotopic (exact) mass is 270 g/mol. The highest BCUT2D eigenvalue weighted by Crippen LogP contribution is 2.16. The third kappa shape index (κ3) is 3.91. The lowest BCUT2D eigenvalue weighted by atomic mass is 10.2. The van der Waals surface area contributed by atoms with Gasteiger partial charge in [0.15, 0.2) is 9.84 Å². The summed E-state index contributed by atoms with van der Waals surface area (Å²) in [4.78, 5) is 2.04. The maximum absolute atomic E-state index is 11.8. The van der Waals surface area contributed by atoms with Gasteiger partial charge in [0.05, 0.1) is 11.0 Å². The maximum atomic E-state index is 11.8. The number of rotatable bonds is 6. The van der Waals surface area contributed by atoms with E-state index in [9.17, 15) is 8.42 Å². The van der Waals surface area contributed by atoms with E-state index in [-0.39, 0.29) is 11.0 Å². The Bertz CT molecular complexity index is 466. The minimum absolute atomic E-state index is 0.183. The van der Waals surface area contributed by atoms with Gasteiger partial charge in [0.1, 0.15) is 0 Å². The lowest BCUT2D eigenvalue weighted by molar-refractivity contribution is 0.586. The highest BCUT2D eigenvalue weighted by atomic mass is 32.2. The van der Waals surface area contributed by atoms with E-state index in [2.05, 4.69) is 0 Å². The maximum Gasteiger partial charge on any atom is 0.154 e. The molecule has 0 heterocycles. The van der Waals surface area contributed by atoms with Crippen molar-refractivity contribution in [3.8, 4) is 0 Å². The predicted octanol–water partition coefficient (Wildman–Crippen LogP) is 1.92. The third-order valence-corrected chi connectivity index (χ3v) is 5.19. The Balaban J connectivity index is 2.72. The third-order valence-electron chi connectivity index (χ3n) is 3.00. The molecule has 0 spiro atoms. The molecule has 2 N–H and O–H groups in total. The lowest BCUT2D eigenvalue weighted by Crippen LogP contribution is -2.31. The summed E-state index contributed by atoms with van der Waals surface area (Å²) in [6, 6.07) is 7.49. The van der Waals surface area contributed by atoms with Crippen LogP contribution in [0.15, 0.2) is 24.3 Å². The fourth-order valence-electron chi connectivity index (χ4n) is 1.63. The van der Waals surface area contributed by atoms with Crippen LogP contribution >= 0.6 is 0 Å². The van der Waals surface area contributed by atoms with Gasteiger partial charge < -0.3 is 10.6 Å². The summed E-state index contributed by atoms with van der Waals surface area (Å²) in [5.41, 5.74) is 7.35. The van der Waals surface area contributed by atoms with Gasteiger partial charge in [-0.2, -0.15) is 0 Å². The second-order valence-electron chi connectivity index (χ2n) is 4.59. The van der Waals surface area contributed by atoms with Crippen LogP contribution in [-0.4, -0.2) is 32.5 Å². The summed E-state index contributed by atoms with van der Waals surface area (Å²) in [5.74, 6) is 0.183. The van der Waals surface area contributed by atoms with Gasteiger partial charge in [-0.3, -0.25) is 0 Å². The molecule has 0 atom stereocenters. The van der Waals surface area contributed by atoms with Crippen molar-refractivity contribution < 1.29 is 8.42 Å². The molecule has 1 aromatic rings. The number of hydrogen-bond acceptors (Lipinski definition) is 4. The van der Waals surface area contributed by atoms with Gasteiger partial charge in [-0.15, -0.1) is 0 Å². The average Bonchev–Trinajstić information content (AvgIpc) is 2.31. The summed E-state index contributed by atoms with van der Waals surface area (Å²) in [7, 11) is -2.99. The van der Waals surface area contributed by atoms with Crippen molar-refractivity contribution in [1.82, 2.24) is 0 Å². The molecule has 0 saturated heterocycles. The summed E-state index contributed by atoms with van der Waals surface area (Å²) in [6.45, 7) is 6.74. The lowest BCUT2D eigenvalue weighted by Gasteiger charge is -2.23. The zero-order chi connectivity index (χ0) is 13.8. The van der Waals surface area contributed by atoms with Crippen molar-refractivity contribution in [2.24, 2.45) is 0 Å². The van der Waals surface area contributed by atoms with E-state index in [4.69, 9.17) is 5.73 Å². The molecule has 0 radical (unpaired) electrons. The summed E-state index contributed by atoms with van der Waals surface area (Å²) >= 11 is 0. The molecular formula is C13H22N2O2S. The minimum Gasteiger partial charge on any atom is -0.399 e. The van der Waals surface area contributed by atoms with Crippen molar-refractivity contribution in [1.29, 1.82) is 0 Å². The van der Waals surface area contributed by atoms with Gasteiger partial charge in [-0.25, -0.2) is 8.42 Å². The molecule has 0 bridgehead atoms. The summed E-state index contributed by atoms with van der Waals surface area (Å²) < 4.78 is 23.6. The first-order valence-corrected chi connectivity index (χ1v) is 7.90. The van der Waals surface area contributed by atoms with Crippen LogP contribution in [0.5, 0.6) is 0 Å². The second-order valence-corrected chi connectivity index (χ2v) is 7.26.